The molecule has 1 heterocycles. The molecule has 0 saturated heterocycles. The normalized spacial score (nSPS) is 12.5. The summed E-state index contributed by atoms with van der Waals surface area (Å²) in [5.74, 6) is -0.237. The molecular formula is C17H16FN3. The summed E-state index contributed by atoms with van der Waals surface area (Å²) in [7, 11) is 0. The molecule has 3 nitrogen and oxygen atoms in total. The Kier molecular flexibility index (Phi) is 3.88. The fraction of sp³-hybridized carbons (Fsp3) is 0.176. The minimum absolute atomic E-state index is 0.0901. The van der Waals surface area contributed by atoms with Gasteiger partial charge in [0, 0.05) is 0 Å². The zero-order chi connectivity index (χ0) is 14.7. The largest absolute Gasteiger partial charge is 0.305 e. The Bertz CT molecular complexity index is 740. The smallest absolute Gasteiger partial charge is 0.123 e. The monoisotopic (exact) mass is 281 g/mol. The van der Waals surface area contributed by atoms with Crippen LogP contribution in [-0.4, -0.2) is 16.5 Å². The van der Waals surface area contributed by atoms with Crippen LogP contribution in [0.15, 0.2) is 54.7 Å². The van der Waals surface area contributed by atoms with Gasteiger partial charge in [0.25, 0.3) is 0 Å². The van der Waals surface area contributed by atoms with Gasteiger partial charge in [-0.3, -0.25) is 4.98 Å². The molecule has 0 amide bonds. The average molecular weight is 281 g/mol. The lowest BCUT2D eigenvalue weighted by atomic mass is 10.0. The molecule has 106 valence electrons. The molecule has 0 fully saturated rings. The Labute approximate surface area is 122 Å². The number of aromatic nitrogens is 2. The van der Waals surface area contributed by atoms with E-state index in [-0.39, 0.29) is 11.9 Å². The summed E-state index contributed by atoms with van der Waals surface area (Å²) in [5.41, 5.74) is 3.54. The van der Waals surface area contributed by atoms with E-state index in [4.69, 9.17) is 0 Å². The van der Waals surface area contributed by atoms with E-state index in [0.29, 0.717) is 0 Å². The fourth-order valence-electron chi connectivity index (χ4n) is 2.36. The van der Waals surface area contributed by atoms with Crippen molar-refractivity contribution in [2.24, 2.45) is 0 Å². The summed E-state index contributed by atoms with van der Waals surface area (Å²) < 4.78 is 13.1. The summed E-state index contributed by atoms with van der Waals surface area (Å²) in [4.78, 5) is 9.13. The van der Waals surface area contributed by atoms with E-state index in [9.17, 15) is 4.39 Å². The maximum Gasteiger partial charge on any atom is 0.123 e. The maximum atomic E-state index is 13.1. The van der Waals surface area contributed by atoms with Gasteiger partial charge in [-0.15, -0.1) is 0 Å². The second kappa shape index (κ2) is 5.97. The topological polar surface area (TPSA) is 37.8 Å². The molecule has 0 bridgehead atoms. The van der Waals surface area contributed by atoms with Gasteiger partial charge in [-0.05, 0) is 36.4 Å². The predicted octanol–water partition coefficient (Wildman–Crippen LogP) is 3.47. The molecule has 4 heteroatoms. The molecule has 0 radical (unpaired) electrons. The van der Waals surface area contributed by atoms with Crippen molar-refractivity contribution in [3.8, 4) is 0 Å². The molecule has 3 aromatic rings. The van der Waals surface area contributed by atoms with Crippen molar-refractivity contribution >= 4 is 11.0 Å². The molecule has 0 saturated carbocycles. The van der Waals surface area contributed by atoms with Crippen molar-refractivity contribution in [2.75, 3.05) is 6.54 Å². The number of fused-ring (bicyclic) bond motifs is 1. The first-order valence-corrected chi connectivity index (χ1v) is 6.98. The molecule has 1 aromatic heterocycles. The molecule has 2 aromatic carbocycles. The van der Waals surface area contributed by atoms with Crippen molar-refractivity contribution in [2.45, 2.75) is 13.0 Å². The van der Waals surface area contributed by atoms with E-state index < -0.39 is 0 Å². The fourth-order valence-corrected chi connectivity index (χ4v) is 2.36. The van der Waals surface area contributed by atoms with Crippen LogP contribution in [0, 0.1) is 5.82 Å². The zero-order valence-electron chi connectivity index (χ0n) is 11.8. The van der Waals surface area contributed by atoms with Gasteiger partial charge in [-0.25, -0.2) is 9.37 Å². The van der Waals surface area contributed by atoms with E-state index >= 15 is 0 Å². The summed E-state index contributed by atoms with van der Waals surface area (Å²) >= 11 is 0. The Morgan fingerprint density at radius 1 is 1.05 bits per heavy atom. The van der Waals surface area contributed by atoms with E-state index in [1.807, 2.05) is 31.2 Å². The average Bonchev–Trinajstić information content (AvgIpc) is 2.53. The summed E-state index contributed by atoms with van der Waals surface area (Å²) in [6, 6.07) is 14.2. The second-order valence-electron chi connectivity index (χ2n) is 4.83. The third kappa shape index (κ3) is 2.90. The standard InChI is InChI=1S/C17H16FN3/c1-2-19-17(12-7-9-13(18)10-8-12)16-11-20-14-5-3-4-6-15(14)21-16/h3-11,17,19H,2H2,1H3. The molecule has 1 N–H and O–H groups in total. The van der Waals surface area contributed by atoms with Gasteiger partial charge in [0.05, 0.1) is 29.0 Å². The third-order valence-electron chi connectivity index (χ3n) is 3.37. The number of halogens is 1. The highest BCUT2D eigenvalue weighted by Crippen LogP contribution is 2.22. The van der Waals surface area contributed by atoms with E-state index in [1.54, 1.807) is 18.3 Å². The van der Waals surface area contributed by atoms with Gasteiger partial charge in [-0.1, -0.05) is 31.2 Å². The highest BCUT2D eigenvalue weighted by atomic mass is 19.1. The van der Waals surface area contributed by atoms with Gasteiger partial charge < -0.3 is 5.32 Å². The Hall–Kier alpha value is -2.33. The minimum atomic E-state index is -0.237. The number of nitrogens with one attached hydrogen (secondary N) is 1. The SMILES string of the molecule is CCNC(c1ccc(F)cc1)c1cnc2ccccc2n1. The second-order valence-corrected chi connectivity index (χ2v) is 4.83. The first-order chi connectivity index (χ1) is 10.3. The van der Waals surface area contributed by atoms with Crippen LogP contribution in [0.4, 0.5) is 4.39 Å². The van der Waals surface area contributed by atoms with Crippen LogP contribution < -0.4 is 5.32 Å². The van der Waals surface area contributed by atoms with Crippen LogP contribution in [0.25, 0.3) is 11.0 Å². The van der Waals surface area contributed by atoms with Crippen LogP contribution >= 0.6 is 0 Å². The highest BCUT2D eigenvalue weighted by Gasteiger charge is 2.15. The van der Waals surface area contributed by atoms with Gasteiger partial charge in [0.15, 0.2) is 0 Å². The van der Waals surface area contributed by atoms with E-state index in [1.165, 1.54) is 12.1 Å². The number of benzene rings is 2. The maximum absolute atomic E-state index is 13.1. The molecular weight excluding hydrogens is 265 g/mol. The van der Waals surface area contributed by atoms with Crippen LogP contribution in [0.5, 0.6) is 0 Å². The summed E-state index contributed by atoms with van der Waals surface area (Å²) in [6.07, 6.45) is 1.78. The third-order valence-corrected chi connectivity index (χ3v) is 3.37. The van der Waals surface area contributed by atoms with Crippen molar-refractivity contribution in [3.05, 3.63) is 71.8 Å². The Balaban J connectivity index is 2.04. The number of hydrogen-bond acceptors (Lipinski definition) is 3. The van der Waals surface area contributed by atoms with Crippen LogP contribution in [0.2, 0.25) is 0 Å². The van der Waals surface area contributed by atoms with Crippen LogP contribution in [0.3, 0.4) is 0 Å². The molecule has 0 spiro atoms. The van der Waals surface area contributed by atoms with Crippen LogP contribution in [0.1, 0.15) is 24.2 Å². The van der Waals surface area contributed by atoms with Gasteiger partial charge in [0.1, 0.15) is 5.82 Å². The lowest BCUT2D eigenvalue weighted by Gasteiger charge is -2.18. The molecule has 3 rings (SSSR count). The summed E-state index contributed by atoms with van der Waals surface area (Å²) in [6.45, 7) is 2.82. The first-order valence-electron chi connectivity index (χ1n) is 6.98. The molecule has 1 atom stereocenters. The lowest BCUT2D eigenvalue weighted by molar-refractivity contribution is 0.605. The predicted molar refractivity (Wildman–Crippen MR) is 81.5 cm³/mol. The van der Waals surface area contributed by atoms with Crippen molar-refractivity contribution in [1.82, 2.24) is 15.3 Å². The molecule has 0 aliphatic rings. The number of nitrogens with zero attached hydrogens (tertiary/aromatic N) is 2. The Morgan fingerprint density at radius 2 is 1.76 bits per heavy atom. The van der Waals surface area contributed by atoms with E-state index in [0.717, 1.165) is 28.8 Å². The number of para-hydroxylation sites is 2. The van der Waals surface area contributed by atoms with Crippen molar-refractivity contribution < 1.29 is 4.39 Å². The first kappa shape index (κ1) is 13.6. The summed E-state index contributed by atoms with van der Waals surface area (Å²) in [5, 5.41) is 3.37. The minimum Gasteiger partial charge on any atom is -0.305 e. The van der Waals surface area contributed by atoms with Gasteiger partial charge in [0.2, 0.25) is 0 Å². The van der Waals surface area contributed by atoms with Crippen molar-refractivity contribution in [1.29, 1.82) is 0 Å². The van der Waals surface area contributed by atoms with Gasteiger partial charge in [-0.2, -0.15) is 0 Å². The van der Waals surface area contributed by atoms with E-state index in [2.05, 4.69) is 15.3 Å². The van der Waals surface area contributed by atoms with Crippen LogP contribution in [-0.2, 0) is 0 Å². The number of hydrogen-bond donors (Lipinski definition) is 1. The zero-order valence-corrected chi connectivity index (χ0v) is 11.8. The lowest BCUT2D eigenvalue weighted by Crippen LogP contribution is -2.23. The highest BCUT2D eigenvalue weighted by molar-refractivity contribution is 5.73. The molecule has 1 unspecified atom stereocenters. The molecule has 21 heavy (non-hydrogen) atoms. The van der Waals surface area contributed by atoms with Gasteiger partial charge >= 0.3 is 0 Å². The molecule has 0 aliphatic carbocycles. The number of rotatable bonds is 4. The van der Waals surface area contributed by atoms with Crippen molar-refractivity contribution in [3.63, 3.8) is 0 Å². The Morgan fingerprint density at radius 3 is 2.48 bits per heavy atom. The molecule has 0 aliphatic heterocycles. The quantitative estimate of drug-likeness (QED) is 0.795.